The summed E-state index contributed by atoms with van der Waals surface area (Å²) < 4.78 is 40.6. The molecule has 1 aromatic heterocycles. The Bertz CT molecular complexity index is 720. The number of hydrogen-bond donors (Lipinski definition) is 2. The highest BCUT2D eigenvalue weighted by Gasteiger charge is 2.22. The molecule has 0 spiro atoms. The molecular weight excluding hydrogens is 295 g/mol. The number of nitrogens with zero attached hydrogens (tertiary/aromatic N) is 1. The summed E-state index contributed by atoms with van der Waals surface area (Å²) >= 11 is 0. The van der Waals surface area contributed by atoms with Gasteiger partial charge in [0.1, 0.15) is 10.7 Å². The molecule has 2 N–H and O–H groups in total. The van der Waals surface area contributed by atoms with Crippen LogP contribution in [0.15, 0.2) is 47.5 Å². The minimum Gasteiger partial charge on any atom is -0.392 e. The van der Waals surface area contributed by atoms with Crippen LogP contribution in [0.25, 0.3) is 0 Å². The van der Waals surface area contributed by atoms with Crippen LogP contribution in [0.3, 0.4) is 0 Å². The lowest BCUT2D eigenvalue weighted by Crippen LogP contribution is -2.28. The molecule has 1 atom stereocenters. The topological polar surface area (TPSA) is 79.3 Å². The SMILES string of the molecule is CC(NS(=O)(=O)c1cc(CO)ccc1F)c1ccccn1. The second kappa shape index (κ2) is 6.30. The lowest BCUT2D eigenvalue weighted by atomic mass is 10.2. The van der Waals surface area contributed by atoms with Gasteiger partial charge in [-0.15, -0.1) is 0 Å². The quantitative estimate of drug-likeness (QED) is 0.882. The van der Waals surface area contributed by atoms with Crippen molar-refractivity contribution in [1.82, 2.24) is 9.71 Å². The molecule has 5 nitrogen and oxygen atoms in total. The van der Waals surface area contributed by atoms with Gasteiger partial charge in [0.25, 0.3) is 0 Å². The molecule has 2 aromatic rings. The Morgan fingerprint density at radius 1 is 1.33 bits per heavy atom. The summed E-state index contributed by atoms with van der Waals surface area (Å²) in [5, 5.41) is 9.03. The molecule has 0 fully saturated rings. The summed E-state index contributed by atoms with van der Waals surface area (Å²) in [5.74, 6) is -0.868. The van der Waals surface area contributed by atoms with E-state index in [1.54, 1.807) is 31.3 Å². The van der Waals surface area contributed by atoms with Crippen molar-refractivity contribution in [1.29, 1.82) is 0 Å². The molecular formula is C14H15FN2O3S. The molecule has 0 amide bonds. The minimum atomic E-state index is -4.05. The zero-order valence-corrected chi connectivity index (χ0v) is 12.1. The van der Waals surface area contributed by atoms with Gasteiger partial charge in [0.15, 0.2) is 0 Å². The van der Waals surface area contributed by atoms with Gasteiger partial charge in [0.2, 0.25) is 10.0 Å². The zero-order valence-electron chi connectivity index (χ0n) is 11.3. The van der Waals surface area contributed by atoms with E-state index in [0.717, 1.165) is 12.1 Å². The molecule has 0 saturated carbocycles. The molecule has 21 heavy (non-hydrogen) atoms. The van der Waals surface area contributed by atoms with E-state index >= 15 is 0 Å². The van der Waals surface area contributed by atoms with Crippen molar-refractivity contribution in [3.8, 4) is 0 Å². The van der Waals surface area contributed by atoms with Gasteiger partial charge in [-0.25, -0.2) is 17.5 Å². The third-order valence-electron chi connectivity index (χ3n) is 2.93. The Kier molecular flexibility index (Phi) is 4.66. The fourth-order valence-corrected chi connectivity index (χ4v) is 3.19. The number of aliphatic hydroxyl groups is 1. The predicted octanol–water partition coefficient (Wildman–Crippen LogP) is 1.75. The average molecular weight is 310 g/mol. The summed E-state index contributed by atoms with van der Waals surface area (Å²) in [6.07, 6.45) is 1.55. The summed E-state index contributed by atoms with van der Waals surface area (Å²) in [5.41, 5.74) is 0.849. The van der Waals surface area contributed by atoms with Crippen molar-refractivity contribution in [3.63, 3.8) is 0 Å². The first-order valence-electron chi connectivity index (χ1n) is 6.26. The number of sulfonamides is 1. The highest BCUT2D eigenvalue weighted by Crippen LogP contribution is 2.19. The molecule has 1 heterocycles. The molecule has 0 aliphatic heterocycles. The van der Waals surface area contributed by atoms with Crippen molar-refractivity contribution in [3.05, 3.63) is 59.7 Å². The van der Waals surface area contributed by atoms with Crippen LogP contribution < -0.4 is 4.72 Å². The van der Waals surface area contributed by atoms with Crippen LogP contribution in [-0.2, 0) is 16.6 Å². The van der Waals surface area contributed by atoms with Gasteiger partial charge in [0, 0.05) is 6.20 Å². The van der Waals surface area contributed by atoms with Crippen LogP contribution in [0, 0.1) is 5.82 Å². The molecule has 1 aromatic carbocycles. The second-order valence-corrected chi connectivity index (χ2v) is 6.20. The van der Waals surface area contributed by atoms with Gasteiger partial charge in [-0.1, -0.05) is 12.1 Å². The highest BCUT2D eigenvalue weighted by molar-refractivity contribution is 7.89. The van der Waals surface area contributed by atoms with E-state index in [2.05, 4.69) is 9.71 Å². The van der Waals surface area contributed by atoms with Crippen LogP contribution in [-0.4, -0.2) is 18.5 Å². The Morgan fingerprint density at radius 2 is 2.10 bits per heavy atom. The summed E-state index contributed by atoms with van der Waals surface area (Å²) in [7, 11) is -4.05. The molecule has 7 heteroatoms. The molecule has 0 aliphatic rings. The summed E-state index contributed by atoms with van der Waals surface area (Å²) in [6, 6.07) is 7.99. The number of aromatic nitrogens is 1. The van der Waals surface area contributed by atoms with Crippen molar-refractivity contribution < 1.29 is 17.9 Å². The number of benzene rings is 1. The Morgan fingerprint density at radius 3 is 2.71 bits per heavy atom. The standard InChI is InChI=1S/C14H15FN2O3S/c1-10(13-4-2-3-7-16-13)17-21(19,20)14-8-11(9-18)5-6-12(14)15/h2-8,10,17-18H,9H2,1H3. The molecule has 0 bridgehead atoms. The van der Waals surface area contributed by atoms with Gasteiger partial charge in [-0.2, -0.15) is 0 Å². The maximum Gasteiger partial charge on any atom is 0.244 e. The van der Waals surface area contributed by atoms with E-state index in [1.807, 2.05) is 0 Å². The number of halogens is 1. The third kappa shape index (κ3) is 3.63. The van der Waals surface area contributed by atoms with Crippen LogP contribution >= 0.6 is 0 Å². The van der Waals surface area contributed by atoms with Crippen LogP contribution in [0.2, 0.25) is 0 Å². The van der Waals surface area contributed by atoms with Gasteiger partial charge < -0.3 is 5.11 Å². The lowest BCUT2D eigenvalue weighted by Gasteiger charge is -2.14. The number of rotatable bonds is 5. The minimum absolute atomic E-state index is 0.322. The van der Waals surface area contributed by atoms with Crippen molar-refractivity contribution >= 4 is 10.0 Å². The molecule has 1 unspecified atom stereocenters. The monoisotopic (exact) mass is 310 g/mol. The summed E-state index contributed by atoms with van der Waals surface area (Å²) in [4.78, 5) is 3.56. The highest BCUT2D eigenvalue weighted by atomic mass is 32.2. The number of aliphatic hydroxyl groups excluding tert-OH is 1. The Labute approximate surface area is 122 Å². The molecule has 0 saturated heterocycles. The fourth-order valence-electron chi connectivity index (χ4n) is 1.84. The van der Waals surface area contributed by atoms with E-state index in [-0.39, 0.29) is 6.61 Å². The normalized spacial score (nSPS) is 13.1. The number of nitrogens with one attached hydrogen (secondary N) is 1. The van der Waals surface area contributed by atoms with E-state index in [4.69, 9.17) is 5.11 Å². The van der Waals surface area contributed by atoms with Crippen LogP contribution in [0.5, 0.6) is 0 Å². The number of pyridine rings is 1. The molecule has 0 radical (unpaired) electrons. The Hall–Kier alpha value is -1.83. The first-order chi connectivity index (χ1) is 9.94. The van der Waals surface area contributed by atoms with Gasteiger partial charge in [-0.3, -0.25) is 4.98 Å². The smallest absolute Gasteiger partial charge is 0.244 e. The van der Waals surface area contributed by atoms with Crippen LogP contribution in [0.4, 0.5) is 4.39 Å². The lowest BCUT2D eigenvalue weighted by molar-refractivity contribution is 0.281. The maximum atomic E-state index is 13.7. The Balaban J connectivity index is 2.30. The maximum absolute atomic E-state index is 13.7. The zero-order chi connectivity index (χ0) is 15.5. The van der Waals surface area contributed by atoms with Crippen molar-refractivity contribution in [2.75, 3.05) is 0 Å². The van der Waals surface area contributed by atoms with E-state index in [0.29, 0.717) is 11.3 Å². The predicted molar refractivity (Wildman–Crippen MR) is 75.3 cm³/mol. The number of hydrogen-bond acceptors (Lipinski definition) is 4. The van der Waals surface area contributed by atoms with Crippen molar-refractivity contribution in [2.45, 2.75) is 24.5 Å². The van der Waals surface area contributed by atoms with Crippen molar-refractivity contribution in [2.24, 2.45) is 0 Å². The summed E-state index contributed by atoms with van der Waals surface area (Å²) in [6.45, 7) is 1.26. The van der Waals surface area contributed by atoms with E-state index in [1.165, 1.54) is 6.07 Å². The second-order valence-electron chi connectivity index (χ2n) is 4.52. The average Bonchev–Trinajstić information content (AvgIpc) is 2.48. The van der Waals surface area contributed by atoms with Gasteiger partial charge in [-0.05, 0) is 36.8 Å². The van der Waals surface area contributed by atoms with Gasteiger partial charge in [0.05, 0.1) is 18.3 Å². The molecule has 112 valence electrons. The first kappa shape index (κ1) is 15.6. The van der Waals surface area contributed by atoms with Gasteiger partial charge >= 0.3 is 0 Å². The van der Waals surface area contributed by atoms with E-state index < -0.39 is 26.8 Å². The fraction of sp³-hybridized carbons (Fsp3) is 0.214. The van der Waals surface area contributed by atoms with E-state index in [9.17, 15) is 12.8 Å². The molecule has 0 aliphatic carbocycles. The van der Waals surface area contributed by atoms with Crippen LogP contribution in [0.1, 0.15) is 24.2 Å². The third-order valence-corrected chi connectivity index (χ3v) is 4.49. The molecule has 2 rings (SSSR count). The first-order valence-corrected chi connectivity index (χ1v) is 7.75. The largest absolute Gasteiger partial charge is 0.392 e.